The van der Waals surface area contributed by atoms with E-state index < -0.39 is 0 Å². The molecule has 0 aromatic rings. The number of likely N-dealkylation sites (tertiary alicyclic amines) is 1. The summed E-state index contributed by atoms with van der Waals surface area (Å²) in [4.78, 5) is 2.73. The molecule has 0 radical (unpaired) electrons. The summed E-state index contributed by atoms with van der Waals surface area (Å²) in [5, 5.41) is 0. The maximum absolute atomic E-state index is 6.19. The lowest BCUT2D eigenvalue weighted by Crippen LogP contribution is -2.57. The van der Waals surface area contributed by atoms with Gasteiger partial charge in [0.1, 0.15) is 0 Å². The van der Waals surface area contributed by atoms with Crippen molar-refractivity contribution in [1.82, 2.24) is 4.90 Å². The van der Waals surface area contributed by atoms with Crippen molar-refractivity contribution in [2.45, 2.75) is 72.3 Å². The Morgan fingerprint density at radius 1 is 1.11 bits per heavy atom. The van der Waals surface area contributed by atoms with E-state index in [-0.39, 0.29) is 5.54 Å². The van der Waals surface area contributed by atoms with Crippen molar-refractivity contribution in [3.63, 3.8) is 0 Å². The summed E-state index contributed by atoms with van der Waals surface area (Å²) >= 11 is 0. The summed E-state index contributed by atoms with van der Waals surface area (Å²) in [6.07, 6.45) is 6.79. The zero-order chi connectivity index (χ0) is 14.3. The van der Waals surface area contributed by atoms with Gasteiger partial charge in [-0.2, -0.15) is 0 Å². The number of hydrogen-bond acceptors (Lipinski definition) is 2. The largest absolute Gasteiger partial charge is 0.329 e. The first-order chi connectivity index (χ1) is 8.73. The van der Waals surface area contributed by atoms with Crippen LogP contribution in [0.4, 0.5) is 0 Å². The van der Waals surface area contributed by atoms with E-state index in [0.717, 1.165) is 12.5 Å². The van der Waals surface area contributed by atoms with Crippen LogP contribution < -0.4 is 5.73 Å². The van der Waals surface area contributed by atoms with Gasteiger partial charge in [0.15, 0.2) is 0 Å². The Hall–Kier alpha value is -0.0800. The smallest absolute Gasteiger partial charge is 0.0357 e. The standard InChI is InChI=1S/C17H34N2/c1-15(2,3)14-7-6-11-19(12-8-14)17(5,13-18)16(4)9-10-16/h14H,6-13,18H2,1-5H3. The second kappa shape index (κ2) is 5.04. The highest BCUT2D eigenvalue weighted by Crippen LogP contribution is 2.56. The van der Waals surface area contributed by atoms with Crippen LogP contribution >= 0.6 is 0 Å². The maximum atomic E-state index is 6.19. The van der Waals surface area contributed by atoms with Gasteiger partial charge in [0.25, 0.3) is 0 Å². The van der Waals surface area contributed by atoms with Crippen molar-refractivity contribution in [3.05, 3.63) is 0 Å². The van der Waals surface area contributed by atoms with Crippen molar-refractivity contribution < 1.29 is 0 Å². The van der Waals surface area contributed by atoms with Gasteiger partial charge in [0, 0.05) is 12.1 Å². The van der Waals surface area contributed by atoms with Crippen LogP contribution in [0.5, 0.6) is 0 Å². The summed E-state index contributed by atoms with van der Waals surface area (Å²) in [6, 6.07) is 0. The lowest BCUT2D eigenvalue weighted by atomic mass is 9.76. The average Bonchev–Trinajstić information content (AvgIpc) is 3.10. The first-order valence-electron chi connectivity index (χ1n) is 8.18. The molecule has 1 saturated heterocycles. The molecule has 2 fully saturated rings. The third-order valence-corrected chi connectivity index (χ3v) is 6.35. The van der Waals surface area contributed by atoms with E-state index in [1.165, 1.54) is 45.2 Å². The Morgan fingerprint density at radius 3 is 2.21 bits per heavy atom. The first kappa shape index (κ1) is 15.3. The summed E-state index contributed by atoms with van der Waals surface area (Å²) < 4.78 is 0. The molecule has 1 aliphatic carbocycles. The van der Waals surface area contributed by atoms with Gasteiger partial charge in [-0.25, -0.2) is 0 Å². The van der Waals surface area contributed by atoms with Gasteiger partial charge in [-0.15, -0.1) is 0 Å². The molecule has 2 unspecified atom stereocenters. The molecule has 2 aliphatic rings. The Kier molecular flexibility index (Phi) is 4.06. The minimum atomic E-state index is 0.222. The molecule has 2 heteroatoms. The summed E-state index contributed by atoms with van der Waals surface area (Å²) in [7, 11) is 0. The van der Waals surface area contributed by atoms with Crippen molar-refractivity contribution in [2.75, 3.05) is 19.6 Å². The van der Waals surface area contributed by atoms with Crippen LogP contribution in [0.3, 0.4) is 0 Å². The van der Waals surface area contributed by atoms with Gasteiger partial charge < -0.3 is 5.73 Å². The highest BCUT2D eigenvalue weighted by Gasteiger charge is 2.55. The second-order valence-electron chi connectivity index (χ2n) is 8.52. The van der Waals surface area contributed by atoms with Crippen molar-refractivity contribution in [1.29, 1.82) is 0 Å². The van der Waals surface area contributed by atoms with Crippen LogP contribution in [0.15, 0.2) is 0 Å². The van der Waals surface area contributed by atoms with Gasteiger partial charge in [-0.1, -0.05) is 27.7 Å². The van der Waals surface area contributed by atoms with Gasteiger partial charge in [-0.05, 0) is 68.9 Å². The normalized spacial score (nSPS) is 31.6. The average molecular weight is 266 g/mol. The minimum absolute atomic E-state index is 0.222. The molecule has 0 spiro atoms. The summed E-state index contributed by atoms with van der Waals surface area (Å²) in [5.41, 5.74) is 7.35. The molecule has 2 rings (SSSR count). The highest BCUT2D eigenvalue weighted by molar-refractivity contribution is 5.10. The van der Waals surface area contributed by atoms with Crippen molar-refractivity contribution in [3.8, 4) is 0 Å². The second-order valence-corrected chi connectivity index (χ2v) is 8.52. The Balaban J connectivity index is 2.06. The van der Waals surface area contributed by atoms with Crippen LogP contribution in [0, 0.1) is 16.7 Å². The van der Waals surface area contributed by atoms with E-state index in [1.54, 1.807) is 0 Å². The molecule has 0 bridgehead atoms. The van der Waals surface area contributed by atoms with Crippen LogP contribution in [0.25, 0.3) is 0 Å². The SMILES string of the molecule is CC(C)(C)C1CCCN(C(C)(CN)C2(C)CC2)CC1. The zero-order valence-electron chi connectivity index (χ0n) is 13.8. The minimum Gasteiger partial charge on any atom is -0.329 e. The fraction of sp³-hybridized carbons (Fsp3) is 1.00. The molecular weight excluding hydrogens is 232 g/mol. The Labute approximate surface area is 120 Å². The third-order valence-electron chi connectivity index (χ3n) is 6.35. The summed E-state index contributed by atoms with van der Waals surface area (Å²) in [5.74, 6) is 0.867. The Bertz CT molecular complexity index is 314. The molecule has 1 heterocycles. The van der Waals surface area contributed by atoms with E-state index >= 15 is 0 Å². The van der Waals surface area contributed by atoms with E-state index in [4.69, 9.17) is 5.73 Å². The number of rotatable bonds is 3. The van der Waals surface area contributed by atoms with Gasteiger partial charge in [-0.3, -0.25) is 4.90 Å². The lowest BCUT2D eigenvalue weighted by Gasteiger charge is -2.45. The molecule has 0 amide bonds. The predicted molar refractivity (Wildman–Crippen MR) is 83.2 cm³/mol. The molecule has 2 atom stereocenters. The molecule has 2 N–H and O–H groups in total. The molecule has 0 aromatic carbocycles. The zero-order valence-corrected chi connectivity index (χ0v) is 13.8. The lowest BCUT2D eigenvalue weighted by molar-refractivity contribution is 0.0478. The molecule has 0 aromatic heterocycles. The Morgan fingerprint density at radius 2 is 1.74 bits per heavy atom. The maximum Gasteiger partial charge on any atom is 0.0357 e. The topological polar surface area (TPSA) is 29.3 Å². The van der Waals surface area contributed by atoms with Gasteiger partial charge >= 0.3 is 0 Å². The fourth-order valence-electron chi connectivity index (χ4n) is 3.94. The number of hydrogen-bond donors (Lipinski definition) is 1. The molecule has 1 aliphatic heterocycles. The molecule has 19 heavy (non-hydrogen) atoms. The van der Waals surface area contributed by atoms with Crippen LogP contribution in [0.2, 0.25) is 0 Å². The van der Waals surface area contributed by atoms with Crippen LogP contribution in [-0.2, 0) is 0 Å². The van der Waals surface area contributed by atoms with Crippen LogP contribution in [-0.4, -0.2) is 30.1 Å². The third kappa shape index (κ3) is 2.85. The van der Waals surface area contributed by atoms with E-state index in [0.29, 0.717) is 10.8 Å². The van der Waals surface area contributed by atoms with E-state index in [1.807, 2.05) is 0 Å². The van der Waals surface area contributed by atoms with Crippen molar-refractivity contribution >= 4 is 0 Å². The van der Waals surface area contributed by atoms with Gasteiger partial charge in [0.05, 0.1) is 0 Å². The fourth-order valence-corrected chi connectivity index (χ4v) is 3.94. The highest BCUT2D eigenvalue weighted by atomic mass is 15.2. The monoisotopic (exact) mass is 266 g/mol. The molecule has 2 nitrogen and oxygen atoms in total. The summed E-state index contributed by atoms with van der Waals surface area (Å²) in [6.45, 7) is 15.3. The molecule has 1 saturated carbocycles. The van der Waals surface area contributed by atoms with Crippen molar-refractivity contribution in [2.24, 2.45) is 22.5 Å². The van der Waals surface area contributed by atoms with Gasteiger partial charge in [0.2, 0.25) is 0 Å². The number of nitrogens with two attached hydrogens (primary N) is 1. The van der Waals surface area contributed by atoms with E-state index in [2.05, 4.69) is 39.5 Å². The predicted octanol–water partition coefficient (Wildman–Crippen LogP) is 3.65. The quantitative estimate of drug-likeness (QED) is 0.845. The number of nitrogens with zero attached hydrogens (tertiary/aromatic N) is 1. The van der Waals surface area contributed by atoms with E-state index in [9.17, 15) is 0 Å². The first-order valence-corrected chi connectivity index (χ1v) is 8.18. The molecule has 112 valence electrons. The molecular formula is C17H34N2. The van der Waals surface area contributed by atoms with Crippen LogP contribution in [0.1, 0.15) is 66.7 Å².